The summed E-state index contributed by atoms with van der Waals surface area (Å²) in [6.45, 7) is 3.75. The number of amides is 1. The molecule has 2 fully saturated rings. The minimum Gasteiger partial charge on any atom is -0.351 e. The summed E-state index contributed by atoms with van der Waals surface area (Å²) >= 11 is 0. The third-order valence-electron chi connectivity index (χ3n) is 4.74. The molecule has 0 spiro atoms. The first-order valence-electron chi connectivity index (χ1n) is 7.31. The van der Waals surface area contributed by atoms with Crippen LogP contribution in [0, 0.1) is 18.8 Å². The second-order valence-corrected chi connectivity index (χ2v) is 5.89. The molecule has 3 unspecified atom stereocenters. The Balaban J connectivity index is 1.58. The molecule has 1 saturated carbocycles. The van der Waals surface area contributed by atoms with Crippen LogP contribution in [0.5, 0.6) is 0 Å². The molecule has 0 aromatic heterocycles. The molecule has 0 radical (unpaired) electrons. The Labute approximate surface area is 114 Å². The number of aryl methyl sites for hydroxylation is 1. The molecule has 1 aliphatic carbocycles. The molecule has 3 nitrogen and oxygen atoms in total. The molecule has 102 valence electrons. The highest BCUT2D eigenvalue weighted by Gasteiger charge is 2.42. The van der Waals surface area contributed by atoms with E-state index in [1.54, 1.807) is 0 Å². The van der Waals surface area contributed by atoms with Gasteiger partial charge in [0.05, 0.1) is 6.04 Å². The zero-order valence-corrected chi connectivity index (χ0v) is 11.5. The van der Waals surface area contributed by atoms with Crippen molar-refractivity contribution in [1.82, 2.24) is 10.6 Å². The first-order chi connectivity index (χ1) is 9.25. The first-order valence-corrected chi connectivity index (χ1v) is 7.31. The lowest BCUT2D eigenvalue weighted by Crippen LogP contribution is -2.43. The van der Waals surface area contributed by atoms with Gasteiger partial charge in [0.25, 0.3) is 0 Å². The van der Waals surface area contributed by atoms with Crippen LogP contribution < -0.4 is 10.6 Å². The van der Waals surface area contributed by atoms with Crippen LogP contribution in [-0.2, 0) is 11.3 Å². The van der Waals surface area contributed by atoms with Gasteiger partial charge in [-0.15, -0.1) is 0 Å². The van der Waals surface area contributed by atoms with Crippen molar-refractivity contribution in [3.8, 4) is 0 Å². The second-order valence-electron chi connectivity index (χ2n) is 5.89. The number of hydrogen-bond acceptors (Lipinski definition) is 2. The van der Waals surface area contributed by atoms with Gasteiger partial charge in [0.1, 0.15) is 0 Å². The molecule has 1 amide bonds. The van der Waals surface area contributed by atoms with E-state index in [1.165, 1.54) is 30.4 Å². The fourth-order valence-corrected chi connectivity index (χ4v) is 3.58. The maximum atomic E-state index is 12.3. The summed E-state index contributed by atoms with van der Waals surface area (Å²) in [5.74, 6) is 1.48. The molecule has 19 heavy (non-hydrogen) atoms. The SMILES string of the molecule is Cc1ccccc1CNC(=O)C1NCC2CCCC21. The summed E-state index contributed by atoms with van der Waals surface area (Å²) in [5.41, 5.74) is 2.44. The van der Waals surface area contributed by atoms with Gasteiger partial charge in [-0.3, -0.25) is 4.79 Å². The lowest BCUT2D eigenvalue weighted by Gasteiger charge is -2.18. The van der Waals surface area contributed by atoms with E-state index >= 15 is 0 Å². The Morgan fingerprint density at radius 3 is 3.05 bits per heavy atom. The predicted molar refractivity (Wildman–Crippen MR) is 75.6 cm³/mol. The molecule has 1 aromatic carbocycles. The summed E-state index contributed by atoms with van der Waals surface area (Å²) in [7, 11) is 0. The molecule has 1 aromatic rings. The third-order valence-corrected chi connectivity index (χ3v) is 4.74. The Kier molecular flexibility index (Phi) is 3.56. The highest BCUT2D eigenvalue weighted by Crippen LogP contribution is 2.37. The van der Waals surface area contributed by atoms with Gasteiger partial charge in [-0.05, 0) is 49.3 Å². The summed E-state index contributed by atoms with van der Waals surface area (Å²) in [4.78, 5) is 12.3. The van der Waals surface area contributed by atoms with E-state index in [2.05, 4.69) is 29.7 Å². The summed E-state index contributed by atoms with van der Waals surface area (Å²) in [6, 6.07) is 8.26. The van der Waals surface area contributed by atoms with Crippen molar-refractivity contribution in [2.24, 2.45) is 11.8 Å². The number of hydrogen-bond donors (Lipinski definition) is 2. The standard InChI is InChI=1S/C16H22N2O/c1-11-5-2-3-6-12(11)9-18-16(19)15-14-8-4-7-13(14)10-17-15/h2-3,5-6,13-15,17H,4,7-10H2,1H3,(H,18,19). The number of carbonyl (C=O) groups is 1. The van der Waals surface area contributed by atoms with Crippen molar-refractivity contribution in [1.29, 1.82) is 0 Å². The van der Waals surface area contributed by atoms with Gasteiger partial charge >= 0.3 is 0 Å². The van der Waals surface area contributed by atoms with Gasteiger partial charge in [-0.1, -0.05) is 30.7 Å². The van der Waals surface area contributed by atoms with Crippen molar-refractivity contribution in [3.63, 3.8) is 0 Å². The molecule has 3 atom stereocenters. The topological polar surface area (TPSA) is 41.1 Å². The zero-order valence-electron chi connectivity index (χ0n) is 11.5. The quantitative estimate of drug-likeness (QED) is 0.870. The summed E-state index contributed by atoms with van der Waals surface area (Å²) in [5, 5.41) is 6.49. The zero-order chi connectivity index (χ0) is 13.2. The normalized spacial score (nSPS) is 29.2. The van der Waals surface area contributed by atoms with E-state index in [0.717, 1.165) is 12.5 Å². The number of fused-ring (bicyclic) bond motifs is 1. The average molecular weight is 258 g/mol. The van der Waals surface area contributed by atoms with Gasteiger partial charge in [-0.25, -0.2) is 0 Å². The molecular weight excluding hydrogens is 236 g/mol. The minimum atomic E-state index is 0.0384. The summed E-state index contributed by atoms with van der Waals surface area (Å²) < 4.78 is 0. The van der Waals surface area contributed by atoms with Gasteiger partial charge in [-0.2, -0.15) is 0 Å². The molecular formula is C16H22N2O. The molecule has 3 rings (SSSR count). The second kappa shape index (κ2) is 5.33. The van der Waals surface area contributed by atoms with Crippen LogP contribution in [0.25, 0.3) is 0 Å². The molecule has 1 aliphatic heterocycles. The van der Waals surface area contributed by atoms with Crippen LogP contribution >= 0.6 is 0 Å². The highest BCUT2D eigenvalue weighted by molar-refractivity contribution is 5.82. The van der Waals surface area contributed by atoms with Crippen LogP contribution in [0.1, 0.15) is 30.4 Å². The van der Waals surface area contributed by atoms with Crippen LogP contribution in [0.4, 0.5) is 0 Å². The Hall–Kier alpha value is -1.35. The molecule has 3 heteroatoms. The lowest BCUT2D eigenvalue weighted by molar-refractivity contribution is -0.123. The first kappa shape index (κ1) is 12.7. The number of benzene rings is 1. The van der Waals surface area contributed by atoms with E-state index in [0.29, 0.717) is 12.5 Å². The van der Waals surface area contributed by atoms with E-state index in [4.69, 9.17) is 0 Å². The molecule has 2 N–H and O–H groups in total. The van der Waals surface area contributed by atoms with Crippen LogP contribution in [0.2, 0.25) is 0 Å². The number of carbonyl (C=O) groups excluding carboxylic acids is 1. The smallest absolute Gasteiger partial charge is 0.237 e. The van der Waals surface area contributed by atoms with Crippen molar-refractivity contribution in [2.75, 3.05) is 6.54 Å². The third kappa shape index (κ3) is 2.52. The van der Waals surface area contributed by atoms with Gasteiger partial charge < -0.3 is 10.6 Å². The van der Waals surface area contributed by atoms with Crippen LogP contribution in [0.15, 0.2) is 24.3 Å². The number of rotatable bonds is 3. The van der Waals surface area contributed by atoms with Crippen molar-refractivity contribution >= 4 is 5.91 Å². The van der Waals surface area contributed by atoms with Gasteiger partial charge in [0, 0.05) is 6.54 Å². The largest absolute Gasteiger partial charge is 0.351 e. The van der Waals surface area contributed by atoms with E-state index in [-0.39, 0.29) is 11.9 Å². The Morgan fingerprint density at radius 2 is 2.21 bits per heavy atom. The average Bonchev–Trinajstić information content (AvgIpc) is 2.99. The maximum Gasteiger partial charge on any atom is 0.237 e. The monoisotopic (exact) mass is 258 g/mol. The lowest BCUT2D eigenvalue weighted by atomic mass is 9.93. The molecule has 2 aliphatic rings. The van der Waals surface area contributed by atoms with E-state index in [9.17, 15) is 4.79 Å². The van der Waals surface area contributed by atoms with Crippen molar-refractivity contribution in [3.05, 3.63) is 35.4 Å². The van der Waals surface area contributed by atoms with Crippen molar-refractivity contribution in [2.45, 2.75) is 38.8 Å². The molecule has 1 saturated heterocycles. The van der Waals surface area contributed by atoms with Crippen LogP contribution in [0.3, 0.4) is 0 Å². The Morgan fingerprint density at radius 1 is 1.37 bits per heavy atom. The van der Waals surface area contributed by atoms with Gasteiger partial charge in [0.2, 0.25) is 5.91 Å². The maximum absolute atomic E-state index is 12.3. The fraction of sp³-hybridized carbons (Fsp3) is 0.562. The summed E-state index contributed by atoms with van der Waals surface area (Å²) in [6.07, 6.45) is 3.79. The van der Waals surface area contributed by atoms with Gasteiger partial charge in [0.15, 0.2) is 0 Å². The molecule has 0 bridgehead atoms. The predicted octanol–water partition coefficient (Wildman–Crippen LogP) is 2.00. The van der Waals surface area contributed by atoms with E-state index in [1.807, 2.05) is 12.1 Å². The Bertz CT molecular complexity index is 472. The van der Waals surface area contributed by atoms with Crippen LogP contribution in [-0.4, -0.2) is 18.5 Å². The molecule has 1 heterocycles. The van der Waals surface area contributed by atoms with E-state index < -0.39 is 0 Å². The van der Waals surface area contributed by atoms with Crippen molar-refractivity contribution < 1.29 is 4.79 Å². The fourth-order valence-electron chi connectivity index (χ4n) is 3.58. The number of nitrogens with one attached hydrogen (secondary N) is 2. The highest BCUT2D eigenvalue weighted by atomic mass is 16.2. The minimum absolute atomic E-state index is 0.0384.